The molecule has 3 aromatic rings. The van der Waals surface area contributed by atoms with E-state index >= 15 is 0 Å². The van der Waals surface area contributed by atoms with Gasteiger partial charge in [0.2, 0.25) is 5.95 Å². The summed E-state index contributed by atoms with van der Waals surface area (Å²) in [5, 5.41) is 8.96. The van der Waals surface area contributed by atoms with Gasteiger partial charge in [-0.1, -0.05) is 18.2 Å². The fourth-order valence-electron chi connectivity index (χ4n) is 5.13. The minimum Gasteiger partial charge on any atom is -0.379 e. The average Bonchev–Trinajstić information content (AvgIpc) is 3.05. The molecule has 1 aromatic heterocycles. The van der Waals surface area contributed by atoms with Crippen molar-refractivity contribution in [2.45, 2.75) is 18.9 Å². The lowest BCUT2D eigenvalue weighted by molar-refractivity contribution is 0.0115. The first kappa shape index (κ1) is 21.8. The molecular formula is C26H29N7O2. The highest BCUT2D eigenvalue weighted by Crippen LogP contribution is 2.35. The summed E-state index contributed by atoms with van der Waals surface area (Å²) in [6, 6.07) is 16.4. The summed E-state index contributed by atoms with van der Waals surface area (Å²) in [4.78, 5) is 26.3. The fraction of sp³-hybridized carbons (Fsp3) is 0.346. The van der Waals surface area contributed by atoms with Gasteiger partial charge in [0.05, 0.1) is 30.8 Å². The van der Waals surface area contributed by atoms with Gasteiger partial charge in [0.25, 0.3) is 0 Å². The Morgan fingerprint density at radius 3 is 2.46 bits per heavy atom. The monoisotopic (exact) mass is 471 g/mol. The van der Waals surface area contributed by atoms with Crippen LogP contribution < -0.4 is 20.9 Å². The molecule has 0 aliphatic carbocycles. The van der Waals surface area contributed by atoms with E-state index in [1.165, 1.54) is 18.5 Å². The SMILES string of the molecule is O=C1Nc2ccccc2-c2nc(Nc3ccc(N4CCC(N5CCOCC5)CC4)cc3)ncc2N1. The molecule has 180 valence electrons. The molecule has 0 unspecified atom stereocenters. The Balaban J connectivity index is 1.13. The van der Waals surface area contributed by atoms with Gasteiger partial charge in [-0.05, 0) is 43.2 Å². The third-order valence-corrected chi connectivity index (χ3v) is 6.98. The number of rotatable bonds is 4. The van der Waals surface area contributed by atoms with Gasteiger partial charge in [0.15, 0.2) is 0 Å². The minimum absolute atomic E-state index is 0.301. The molecule has 9 nitrogen and oxygen atoms in total. The summed E-state index contributed by atoms with van der Waals surface area (Å²) in [6.45, 7) is 5.99. The van der Waals surface area contributed by atoms with Gasteiger partial charge in [-0.15, -0.1) is 0 Å². The lowest BCUT2D eigenvalue weighted by Crippen LogP contribution is -2.49. The quantitative estimate of drug-likeness (QED) is 0.526. The Morgan fingerprint density at radius 2 is 1.66 bits per heavy atom. The number of ether oxygens (including phenoxy) is 1. The van der Waals surface area contributed by atoms with E-state index in [2.05, 4.69) is 55.0 Å². The van der Waals surface area contributed by atoms with Crippen molar-refractivity contribution >= 4 is 34.7 Å². The van der Waals surface area contributed by atoms with E-state index in [1.807, 2.05) is 24.3 Å². The van der Waals surface area contributed by atoms with E-state index < -0.39 is 0 Å². The summed E-state index contributed by atoms with van der Waals surface area (Å²) >= 11 is 0. The van der Waals surface area contributed by atoms with Crippen molar-refractivity contribution in [3.05, 3.63) is 54.7 Å². The molecule has 2 fully saturated rings. The van der Waals surface area contributed by atoms with Crippen LogP contribution in [0.5, 0.6) is 0 Å². The molecule has 3 N–H and O–H groups in total. The zero-order valence-corrected chi connectivity index (χ0v) is 19.5. The van der Waals surface area contributed by atoms with E-state index in [1.54, 1.807) is 6.20 Å². The van der Waals surface area contributed by atoms with Gasteiger partial charge < -0.3 is 25.6 Å². The topological polar surface area (TPSA) is 94.7 Å². The first-order valence-electron chi connectivity index (χ1n) is 12.2. The van der Waals surface area contributed by atoms with E-state index in [4.69, 9.17) is 9.72 Å². The lowest BCUT2D eigenvalue weighted by atomic mass is 10.0. The second kappa shape index (κ2) is 9.52. The van der Waals surface area contributed by atoms with Crippen molar-refractivity contribution in [1.82, 2.24) is 14.9 Å². The number of carbonyl (C=O) groups excluding carboxylic acids is 1. The predicted molar refractivity (Wildman–Crippen MR) is 137 cm³/mol. The Morgan fingerprint density at radius 1 is 0.914 bits per heavy atom. The van der Waals surface area contributed by atoms with Gasteiger partial charge >= 0.3 is 6.03 Å². The summed E-state index contributed by atoms with van der Waals surface area (Å²) in [6.07, 6.45) is 4.02. The van der Waals surface area contributed by atoms with Gasteiger partial charge in [0.1, 0.15) is 5.69 Å². The molecule has 2 saturated heterocycles. The minimum atomic E-state index is -0.301. The van der Waals surface area contributed by atoms with Crippen molar-refractivity contribution in [1.29, 1.82) is 0 Å². The van der Waals surface area contributed by atoms with Crippen molar-refractivity contribution < 1.29 is 9.53 Å². The summed E-state index contributed by atoms with van der Waals surface area (Å²) in [5.74, 6) is 0.480. The van der Waals surface area contributed by atoms with Gasteiger partial charge in [-0.25, -0.2) is 14.8 Å². The molecule has 3 aliphatic heterocycles. The highest BCUT2D eigenvalue weighted by Gasteiger charge is 2.26. The Labute approximate surface area is 204 Å². The van der Waals surface area contributed by atoms with Crippen LogP contribution in [-0.2, 0) is 4.74 Å². The summed E-state index contributed by atoms with van der Waals surface area (Å²) in [7, 11) is 0. The highest BCUT2D eigenvalue weighted by molar-refractivity contribution is 6.07. The maximum Gasteiger partial charge on any atom is 0.323 e. The van der Waals surface area contributed by atoms with Crippen LogP contribution in [0.15, 0.2) is 54.7 Å². The van der Waals surface area contributed by atoms with Crippen molar-refractivity contribution in [3.63, 3.8) is 0 Å². The molecule has 0 radical (unpaired) electrons. The van der Waals surface area contributed by atoms with Crippen molar-refractivity contribution in [3.8, 4) is 11.3 Å². The largest absolute Gasteiger partial charge is 0.379 e. The number of fused-ring (bicyclic) bond motifs is 3. The third-order valence-electron chi connectivity index (χ3n) is 6.98. The molecule has 3 aliphatic rings. The molecule has 0 saturated carbocycles. The number of para-hydroxylation sites is 1. The first-order chi connectivity index (χ1) is 17.2. The number of amides is 2. The van der Waals surface area contributed by atoms with Gasteiger partial charge in [-0.3, -0.25) is 4.90 Å². The molecule has 0 bridgehead atoms. The van der Waals surface area contributed by atoms with E-state index in [0.717, 1.165) is 56.3 Å². The van der Waals surface area contributed by atoms with E-state index in [-0.39, 0.29) is 6.03 Å². The molecular weight excluding hydrogens is 442 g/mol. The molecule has 2 aromatic carbocycles. The maximum absolute atomic E-state index is 12.1. The van der Waals surface area contributed by atoms with Crippen LogP contribution in [0.2, 0.25) is 0 Å². The van der Waals surface area contributed by atoms with Crippen LogP contribution in [0.4, 0.5) is 33.5 Å². The lowest BCUT2D eigenvalue weighted by Gasteiger charge is -2.40. The van der Waals surface area contributed by atoms with Crippen LogP contribution in [0.25, 0.3) is 11.3 Å². The number of nitrogens with zero attached hydrogens (tertiary/aromatic N) is 4. The first-order valence-corrected chi connectivity index (χ1v) is 12.2. The molecule has 35 heavy (non-hydrogen) atoms. The Bertz CT molecular complexity index is 1200. The van der Waals surface area contributed by atoms with Crippen LogP contribution >= 0.6 is 0 Å². The van der Waals surface area contributed by atoms with E-state index in [0.29, 0.717) is 23.4 Å². The van der Waals surface area contributed by atoms with Gasteiger partial charge in [-0.2, -0.15) is 0 Å². The number of urea groups is 1. The van der Waals surface area contributed by atoms with Crippen LogP contribution in [0, 0.1) is 0 Å². The number of hydrogen-bond donors (Lipinski definition) is 3. The Kier molecular flexibility index (Phi) is 5.93. The average molecular weight is 472 g/mol. The number of nitrogens with one attached hydrogen (secondary N) is 3. The zero-order valence-electron chi connectivity index (χ0n) is 19.5. The number of piperidine rings is 1. The van der Waals surface area contributed by atoms with Crippen LogP contribution in [0.3, 0.4) is 0 Å². The van der Waals surface area contributed by atoms with Crippen LogP contribution in [0.1, 0.15) is 12.8 Å². The molecule has 0 atom stereocenters. The third kappa shape index (κ3) is 4.65. The number of benzene rings is 2. The van der Waals surface area contributed by atoms with Crippen molar-refractivity contribution in [2.24, 2.45) is 0 Å². The number of anilines is 5. The molecule has 4 heterocycles. The van der Waals surface area contributed by atoms with Gasteiger partial charge in [0, 0.05) is 49.2 Å². The second-order valence-corrected chi connectivity index (χ2v) is 9.12. The molecule has 9 heteroatoms. The van der Waals surface area contributed by atoms with Crippen LogP contribution in [-0.4, -0.2) is 66.3 Å². The fourth-order valence-corrected chi connectivity index (χ4v) is 5.13. The smallest absolute Gasteiger partial charge is 0.323 e. The van der Waals surface area contributed by atoms with Crippen molar-refractivity contribution in [2.75, 3.05) is 60.2 Å². The predicted octanol–water partition coefficient (Wildman–Crippen LogP) is 4.15. The maximum atomic E-state index is 12.1. The Hall–Kier alpha value is -3.69. The number of hydrogen-bond acceptors (Lipinski definition) is 7. The normalized spacial score (nSPS) is 18.6. The number of carbonyl (C=O) groups is 1. The molecule has 0 spiro atoms. The standard InChI is InChI=1S/C26H29N7O2/c34-26-29-22-4-2-1-3-21(22)24-23(30-26)17-27-25(31-24)28-18-5-7-19(8-6-18)32-11-9-20(10-12-32)33-13-15-35-16-14-33/h1-8,17,20H,9-16H2,(H,27,28,31)(H2,29,30,34). The molecule has 2 amide bonds. The summed E-state index contributed by atoms with van der Waals surface area (Å²) < 4.78 is 5.50. The number of aromatic nitrogens is 2. The molecule has 6 rings (SSSR count). The second-order valence-electron chi connectivity index (χ2n) is 9.12. The summed E-state index contributed by atoms with van der Waals surface area (Å²) in [5.41, 5.74) is 4.98. The number of morpholine rings is 1. The van der Waals surface area contributed by atoms with E-state index in [9.17, 15) is 4.79 Å². The highest BCUT2D eigenvalue weighted by atomic mass is 16.5. The zero-order chi connectivity index (χ0) is 23.6.